The van der Waals surface area contributed by atoms with Crippen molar-refractivity contribution in [2.45, 2.75) is 29.3 Å². The number of aryl methyl sites for hydroxylation is 1. The van der Waals surface area contributed by atoms with Crippen molar-refractivity contribution in [3.05, 3.63) is 48.4 Å². The summed E-state index contributed by atoms with van der Waals surface area (Å²) >= 11 is 0. The minimum atomic E-state index is -5.21. The highest BCUT2D eigenvalue weighted by Gasteiger charge is 2.54. The molecule has 3 N–H and O–H groups in total. The number of amides is 3. The van der Waals surface area contributed by atoms with Crippen molar-refractivity contribution in [2.24, 2.45) is 12.5 Å². The molecular weight excluding hydrogens is 487 g/mol. The minimum Gasteiger partial charge on any atom is -0.337 e. The second kappa shape index (κ2) is 7.73. The average Bonchev–Trinajstić information content (AvgIpc) is 3.30. The quantitative estimate of drug-likeness (QED) is 0.500. The molecule has 2 aliphatic rings. The number of nitrogens with one attached hydrogen (secondary N) is 3. The van der Waals surface area contributed by atoms with Gasteiger partial charge in [-0.15, -0.1) is 0 Å². The Kier molecular flexibility index (Phi) is 5.12. The maximum absolute atomic E-state index is 12.9. The number of alkyl halides is 3. The predicted octanol–water partition coefficient (Wildman–Crippen LogP) is 3.02. The molecule has 35 heavy (non-hydrogen) atoms. The number of benzene rings is 1. The number of urea groups is 1. The first-order valence-corrected chi connectivity index (χ1v) is 12.3. The number of carbonyl (C=O) groups is 2. The van der Waals surface area contributed by atoms with E-state index < -0.39 is 26.2 Å². The Bertz CT molecular complexity index is 1430. The van der Waals surface area contributed by atoms with E-state index >= 15 is 0 Å². The van der Waals surface area contributed by atoms with Gasteiger partial charge in [0.25, 0.3) is 5.91 Å². The molecule has 0 bridgehead atoms. The summed E-state index contributed by atoms with van der Waals surface area (Å²) in [7, 11) is -3.17. The van der Waals surface area contributed by atoms with Crippen LogP contribution in [0.5, 0.6) is 0 Å². The molecule has 3 aromatic rings. The smallest absolute Gasteiger partial charge is 0.337 e. The topological polar surface area (TPSA) is 125 Å². The second-order valence-electron chi connectivity index (χ2n) is 9.13. The maximum atomic E-state index is 12.9. The second-order valence-corrected chi connectivity index (χ2v) is 11.2. The van der Waals surface area contributed by atoms with Crippen LogP contribution in [0.3, 0.4) is 0 Å². The lowest BCUT2D eigenvalue weighted by molar-refractivity contribution is -0.0582. The zero-order valence-electron chi connectivity index (χ0n) is 18.5. The predicted molar refractivity (Wildman–Crippen MR) is 119 cm³/mol. The summed E-state index contributed by atoms with van der Waals surface area (Å²) in [6.07, 6.45) is 6.50. The van der Waals surface area contributed by atoms with Gasteiger partial charge in [0.15, 0.2) is 9.73 Å². The third-order valence-corrected chi connectivity index (χ3v) is 8.12. The highest BCUT2D eigenvalue weighted by molar-refractivity contribution is 7.93. The van der Waals surface area contributed by atoms with Gasteiger partial charge < -0.3 is 20.1 Å². The fourth-order valence-electron chi connectivity index (χ4n) is 4.86. The number of hydrogen-bond acceptors (Lipinski definition) is 5. The Morgan fingerprint density at radius 3 is 2.63 bits per heavy atom. The van der Waals surface area contributed by atoms with Crippen molar-refractivity contribution in [3.63, 3.8) is 0 Å². The molecule has 10 nitrogen and oxygen atoms in total. The summed E-state index contributed by atoms with van der Waals surface area (Å²) in [5.41, 5.74) is -4.01. The fourth-order valence-corrected chi connectivity index (χ4v) is 5.69. The van der Waals surface area contributed by atoms with Gasteiger partial charge in [-0.1, -0.05) is 6.07 Å². The van der Waals surface area contributed by atoms with Crippen molar-refractivity contribution in [1.29, 1.82) is 4.78 Å². The molecule has 186 valence electrons. The summed E-state index contributed by atoms with van der Waals surface area (Å²) in [5.74, 6) is -0.0914. The zero-order chi connectivity index (χ0) is 25.2. The monoisotopic (exact) mass is 509 g/mol. The van der Waals surface area contributed by atoms with Gasteiger partial charge in [-0.3, -0.25) is 4.79 Å². The highest BCUT2D eigenvalue weighted by Crippen LogP contribution is 2.48. The molecule has 3 amide bonds. The van der Waals surface area contributed by atoms with E-state index in [-0.39, 0.29) is 23.1 Å². The summed E-state index contributed by atoms with van der Waals surface area (Å²) in [6, 6.07) is 3.64. The van der Waals surface area contributed by atoms with Crippen LogP contribution in [-0.4, -0.2) is 59.9 Å². The number of nitrogens with zero attached hydrogens (tertiary/aromatic N) is 4. The van der Waals surface area contributed by atoms with Crippen LogP contribution in [0, 0.1) is 10.2 Å². The summed E-state index contributed by atoms with van der Waals surface area (Å²) in [6.45, 7) is 1.15. The standard InChI is InChI=1S/C21H22F3N7O3S/c1-29-5-6-31-17(29)16(10-26-31)18(32)30-11-20(12-30)8-14(9-20)28-19(33)27-13-3-2-4-15(7-13)35(25,34)21(22,23)24/h2-7,10,14,25H,8-9,11-12H2,1H3,(H2,27,28,33). The van der Waals surface area contributed by atoms with Crippen molar-refractivity contribution in [1.82, 2.24) is 24.4 Å². The van der Waals surface area contributed by atoms with E-state index in [2.05, 4.69) is 15.7 Å². The number of hydrogen-bond donors (Lipinski definition) is 3. The largest absolute Gasteiger partial charge is 0.483 e. The fraction of sp³-hybridized carbons (Fsp3) is 0.381. The van der Waals surface area contributed by atoms with E-state index in [1.54, 1.807) is 21.8 Å². The third-order valence-electron chi connectivity index (χ3n) is 6.55. The van der Waals surface area contributed by atoms with E-state index in [0.29, 0.717) is 31.5 Å². The number of aromatic nitrogens is 3. The lowest BCUT2D eigenvalue weighted by Crippen LogP contribution is -2.67. The molecule has 1 spiro atoms. The van der Waals surface area contributed by atoms with Gasteiger partial charge in [0.1, 0.15) is 11.2 Å². The van der Waals surface area contributed by atoms with Gasteiger partial charge in [0.2, 0.25) is 0 Å². The zero-order valence-corrected chi connectivity index (χ0v) is 19.3. The first-order valence-electron chi connectivity index (χ1n) is 10.7. The van der Waals surface area contributed by atoms with E-state index in [9.17, 15) is 27.0 Å². The molecule has 1 aliphatic heterocycles. The number of carbonyl (C=O) groups excluding carboxylic acids is 2. The van der Waals surface area contributed by atoms with Crippen molar-refractivity contribution in [2.75, 3.05) is 18.4 Å². The van der Waals surface area contributed by atoms with Crippen LogP contribution in [0.2, 0.25) is 0 Å². The number of halogens is 3. The number of anilines is 1. The van der Waals surface area contributed by atoms with Crippen LogP contribution in [0.15, 0.2) is 47.8 Å². The van der Waals surface area contributed by atoms with Gasteiger partial charge in [0.05, 0.1) is 11.1 Å². The molecule has 14 heteroatoms. The van der Waals surface area contributed by atoms with Crippen LogP contribution < -0.4 is 10.6 Å². The highest BCUT2D eigenvalue weighted by atomic mass is 32.2. The lowest BCUT2D eigenvalue weighted by atomic mass is 9.60. The molecule has 1 atom stereocenters. The van der Waals surface area contributed by atoms with Crippen molar-refractivity contribution >= 4 is 33.0 Å². The van der Waals surface area contributed by atoms with E-state index in [0.717, 1.165) is 17.8 Å². The van der Waals surface area contributed by atoms with Crippen LogP contribution >= 0.6 is 0 Å². The minimum absolute atomic E-state index is 0.00634. The van der Waals surface area contributed by atoms with E-state index in [1.165, 1.54) is 12.1 Å². The van der Waals surface area contributed by atoms with Gasteiger partial charge >= 0.3 is 11.5 Å². The van der Waals surface area contributed by atoms with Crippen LogP contribution in [-0.2, 0) is 16.8 Å². The Labute approximate surface area is 198 Å². The molecule has 5 rings (SSSR count). The number of rotatable bonds is 4. The Morgan fingerprint density at radius 2 is 1.94 bits per heavy atom. The molecule has 2 aromatic heterocycles. The molecule has 1 aromatic carbocycles. The van der Waals surface area contributed by atoms with Gasteiger partial charge in [-0.25, -0.2) is 18.3 Å². The summed E-state index contributed by atoms with van der Waals surface area (Å²) in [4.78, 5) is 26.2. The maximum Gasteiger partial charge on any atom is 0.483 e. The summed E-state index contributed by atoms with van der Waals surface area (Å²) in [5, 5.41) is 9.39. The molecule has 1 saturated heterocycles. The average molecular weight is 510 g/mol. The number of fused-ring (bicyclic) bond motifs is 1. The van der Waals surface area contributed by atoms with Crippen LogP contribution in [0.4, 0.5) is 23.7 Å². The lowest BCUT2D eigenvalue weighted by Gasteiger charge is -2.58. The SMILES string of the molecule is Cn1ccn2ncc(C(=O)N3CC4(CC(NC(=O)Nc5cccc(S(=N)(=O)C(F)(F)F)c5)C4)C3)c12. The van der Waals surface area contributed by atoms with Gasteiger partial charge in [-0.2, -0.15) is 18.3 Å². The first-order chi connectivity index (χ1) is 16.4. The van der Waals surface area contributed by atoms with Crippen LogP contribution in [0.25, 0.3) is 5.65 Å². The van der Waals surface area contributed by atoms with E-state index in [1.807, 2.05) is 17.8 Å². The van der Waals surface area contributed by atoms with Gasteiger partial charge in [-0.05, 0) is 31.0 Å². The van der Waals surface area contributed by atoms with Gasteiger partial charge in [0, 0.05) is 49.7 Å². The van der Waals surface area contributed by atoms with Crippen LogP contribution in [0.1, 0.15) is 23.2 Å². The Balaban J connectivity index is 1.13. The summed E-state index contributed by atoms with van der Waals surface area (Å²) < 4.78 is 61.1. The molecule has 1 unspecified atom stereocenters. The van der Waals surface area contributed by atoms with Crippen molar-refractivity contribution < 1.29 is 27.0 Å². The van der Waals surface area contributed by atoms with E-state index in [4.69, 9.17) is 4.78 Å². The van der Waals surface area contributed by atoms with Crippen molar-refractivity contribution in [3.8, 4) is 0 Å². The molecular formula is C21H22F3N7O3S. The molecule has 0 radical (unpaired) electrons. The first kappa shape index (κ1) is 23.2. The normalized spacial score (nSPS) is 19.1. The third kappa shape index (κ3) is 3.90. The number of imidazole rings is 1. The number of likely N-dealkylation sites (tertiary alicyclic amines) is 1. The Hall–Kier alpha value is -3.55. The molecule has 2 fully saturated rings. The molecule has 1 saturated carbocycles. The Morgan fingerprint density at radius 1 is 1.23 bits per heavy atom. The molecule has 3 heterocycles. The molecule has 1 aliphatic carbocycles.